The van der Waals surface area contributed by atoms with Crippen molar-refractivity contribution in [3.05, 3.63) is 47.1 Å². The number of pyridine rings is 1. The third kappa shape index (κ3) is 3.29. The Labute approximate surface area is 112 Å². The van der Waals surface area contributed by atoms with E-state index in [4.69, 9.17) is 17.3 Å². The Morgan fingerprint density at radius 1 is 1.16 bits per heavy atom. The van der Waals surface area contributed by atoms with Crippen LogP contribution >= 0.6 is 11.6 Å². The number of halogens is 4. The van der Waals surface area contributed by atoms with Crippen LogP contribution < -0.4 is 11.1 Å². The molecule has 19 heavy (non-hydrogen) atoms. The summed E-state index contributed by atoms with van der Waals surface area (Å²) in [5, 5.41) is 2.84. The predicted octanol–water partition coefficient (Wildman–Crippen LogP) is 4.08. The molecule has 0 fully saturated rings. The molecule has 1 heterocycles. The first-order chi connectivity index (χ1) is 8.86. The minimum Gasteiger partial charge on any atom is -0.384 e. The van der Waals surface area contributed by atoms with Gasteiger partial charge in [-0.2, -0.15) is 13.2 Å². The maximum Gasteiger partial charge on any atom is 0.416 e. The van der Waals surface area contributed by atoms with Crippen LogP contribution in [0.25, 0.3) is 0 Å². The van der Waals surface area contributed by atoms with Gasteiger partial charge in [0.1, 0.15) is 5.82 Å². The van der Waals surface area contributed by atoms with E-state index in [1.54, 1.807) is 12.1 Å². The minimum atomic E-state index is -4.41. The molecule has 3 nitrogen and oxygen atoms in total. The van der Waals surface area contributed by atoms with Gasteiger partial charge in [0.15, 0.2) is 0 Å². The Kier molecular flexibility index (Phi) is 3.53. The quantitative estimate of drug-likeness (QED) is 0.875. The summed E-state index contributed by atoms with van der Waals surface area (Å²) in [6, 6.07) is 6.31. The molecule has 0 spiro atoms. The molecule has 0 atom stereocenters. The number of aromatic nitrogens is 1. The Morgan fingerprint density at radius 3 is 2.42 bits per heavy atom. The Hall–Kier alpha value is -1.95. The van der Waals surface area contributed by atoms with Gasteiger partial charge in [0.2, 0.25) is 0 Å². The predicted molar refractivity (Wildman–Crippen MR) is 68.4 cm³/mol. The number of nitrogen functional groups attached to an aromatic ring is 1. The lowest BCUT2D eigenvalue weighted by Crippen LogP contribution is -2.05. The third-order valence-corrected chi connectivity index (χ3v) is 2.67. The van der Waals surface area contributed by atoms with Crippen LogP contribution in [0.5, 0.6) is 0 Å². The summed E-state index contributed by atoms with van der Waals surface area (Å²) in [5.74, 6) is 0.351. The number of hydrogen-bond acceptors (Lipinski definition) is 3. The van der Waals surface area contributed by atoms with E-state index in [1.165, 1.54) is 12.3 Å². The number of nitrogens with one attached hydrogen (secondary N) is 1. The normalized spacial score (nSPS) is 11.4. The van der Waals surface area contributed by atoms with E-state index >= 15 is 0 Å². The summed E-state index contributed by atoms with van der Waals surface area (Å²) in [5.41, 5.74) is 5.58. The van der Waals surface area contributed by atoms with E-state index in [0.717, 1.165) is 12.1 Å². The molecular formula is C12H9ClF3N3. The van der Waals surface area contributed by atoms with Crippen LogP contribution in [-0.2, 0) is 6.18 Å². The van der Waals surface area contributed by atoms with Crippen LogP contribution in [0.3, 0.4) is 0 Å². The van der Waals surface area contributed by atoms with E-state index in [0.29, 0.717) is 17.2 Å². The summed E-state index contributed by atoms with van der Waals surface area (Å²) in [6.45, 7) is 0. The number of nitrogens with two attached hydrogens (primary N) is 1. The maximum absolute atomic E-state index is 12.5. The molecule has 1 aromatic heterocycles. The lowest BCUT2D eigenvalue weighted by Gasteiger charge is -2.11. The fourth-order valence-corrected chi connectivity index (χ4v) is 1.66. The minimum absolute atomic E-state index is 0.0216. The summed E-state index contributed by atoms with van der Waals surface area (Å²) >= 11 is 5.81. The largest absolute Gasteiger partial charge is 0.416 e. The Balaban J connectivity index is 2.24. The number of hydrogen-bond donors (Lipinski definition) is 2. The number of nitrogens with zero attached hydrogens (tertiary/aromatic N) is 1. The van der Waals surface area contributed by atoms with Gasteiger partial charge in [0.25, 0.3) is 0 Å². The van der Waals surface area contributed by atoms with Crippen LogP contribution in [0.15, 0.2) is 36.5 Å². The topological polar surface area (TPSA) is 50.9 Å². The smallest absolute Gasteiger partial charge is 0.384 e. The lowest BCUT2D eigenvalue weighted by atomic mass is 10.2. The standard InChI is InChI=1S/C12H9ClF3N3/c13-9-5-7(12(14,15)16)1-3-10(9)19-8-2-4-11(17)18-6-8/h1-6,19H,(H2,17,18). The number of anilines is 3. The molecule has 0 aliphatic carbocycles. The van der Waals surface area contributed by atoms with Gasteiger partial charge in [0, 0.05) is 0 Å². The highest BCUT2D eigenvalue weighted by atomic mass is 35.5. The molecule has 0 amide bonds. The molecule has 0 bridgehead atoms. The van der Waals surface area contributed by atoms with Crippen molar-refractivity contribution in [2.45, 2.75) is 6.18 Å². The molecule has 0 aliphatic heterocycles. The second kappa shape index (κ2) is 4.97. The molecule has 100 valence electrons. The van der Waals surface area contributed by atoms with Crippen molar-refractivity contribution in [1.82, 2.24) is 4.98 Å². The average Bonchev–Trinajstić information content (AvgIpc) is 2.33. The highest BCUT2D eigenvalue weighted by molar-refractivity contribution is 6.33. The van der Waals surface area contributed by atoms with Crippen molar-refractivity contribution in [2.24, 2.45) is 0 Å². The highest BCUT2D eigenvalue weighted by Crippen LogP contribution is 2.34. The van der Waals surface area contributed by atoms with Gasteiger partial charge in [-0.05, 0) is 30.3 Å². The fourth-order valence-electron chi connectivity index (χ4n) is 1.43. The molecule has 2 rings (SSSR count). The number of benzene rings is 1. The Bertz CT molecular complexity index is 582. The van der Waals surface area contributed by atoms with Crippen molar-refractivity contribution in [3.8, 4) is 0 Å². The summed E-state index contributed by atoms with van der Waals surface area (Å²) in [6.07, 6.45) is -2.95. The second-order valence-electron chi connectivity index (χ2n) is 3.79. The summed E-state index contributed by atoms with van der Waals surface area (Å²) in [4.78, 5) is 3.85. The Morgan fingerprint density at radius 2 is 1.89 bits per heavy atom. The lowest BCUT2D eigenvalue weighted by molar-refractivity contribution is -0.137. The van der Waals surface area contributed by atoms with E-state index in [1.807, 2.05) is 0 Å². The molecule has 0 saturated carbocycles. The van der Waals surface area contributed by atoms with Crippen molar-refractivity contribution >= 4 is 28.8 Å². The average molecular weight is 288 g/mol. The van der Waals surface area contributed by atoms with Crippen LogP contribution in [-0.4, -0.2) is 4.98 Å². The van der Waals surface area contributed by atoms with E-state index in [-0.39, 0.29) is 5.02 Å². The summed E-state index contributed by atoms with van der Waals surface area (Å²) in [7, 11) is 0. The molecular weight excluding hydrogens is 279 g/mol. The molecule has 0 radical (unpaired) electrons. The zero-order valence-electron chi connectivity index (χ0n) is 9.50. The van der Waals surface area contributed by atoms with Gasteiger partial charge in [-0.15, -0.1) is 0 Å². The first kappa shape index (κ1) is 13.5. The highest BCUT2D eigenvalue weighted by Gasteiger charge is 2.30. The first-order valence-corrected chi connectivity index (χ1v) is 5.59. The van der Waals surface area contributed by atoms with Crippen LogP contribution in [0.2, 0.25) is 5.02 Å². The zero-order chi connectivity index (χ0) is 14.0. The van der Waals surface area contributed by atoms with Gasteiger partial charge in [-0.3, -0.25) is 0 Å². The van der Waals surface area contributed by atoms with Gasteiger partial charge in [-0.1, -0.05) is 11.6 Å². The van der Waals surface area contributed by atoms with Crippen LogP contribution in [0.1, 0.15) is 5.56 Å². The molecule has 2 aromatic rings. The van der Waals surface area contributed by atoms with Gasteiger partial charge in [-0.25, -0.2) is 4.98 Å². The van der Waals surface area contributed by atoms with Crippen molar-refractivity contribution in [1.29, 1.82) is 0 Å². The van der Waals surface area contributed by atoms with E-state index in [9.17, 15) is 13.2 Å². The monoisotopic (exact) mass is 287 g/mol. The third-order valence-electron chi connectivity index (χ3n) is 2.36. The maximum atomic E-state index is 12.5. The molecule has 1 aromatic carbocycles. The van der Waals surface area contributed by atoms with Gasteiger partial charge < -0.3 is 11.1 Å². The molecule has 7 heteroatoms. The van der Waals surface area contributed by atoms with E-state index < -0.39 is 11.7 Å². The van der Waals surface area contributed by atoms with Crippen LogP contribution in [0.4, 0.5) is 30.4 Å². The fraction of sp³-hybridized carbons (Fsp3) is 0.0833. The SMILES string of the molecule is Nc1ccc(Nc2ccc(C(F)(F)F)cc2Cl)cn1. The van der Waals surface area contributed by atoms with Crippen LogP contribution in [0, 0.1) is 0 Å². The second-order valence-corrected chi connectivity index (χ2v) is 4.20. The number of rotatable bonds is 2. The van der Waals surface area contributed by atoms with Crippen molar-refractivity contribution in [2.75, 3.05) is 11.1 Å². The zero-order valence-corrected chi connectivity index (χ0v) is 10.3. The van der Waals surface area contributed by atoms with Gasteiger partial charge >= 0.3 is 6.18 Å². The van der Waals surface area contributed by atoms with E-state index in [2.05, 4.69) is 10.3 Å². The van der Waals surface area contributed by atoms with Gasteiger partial charge in [0.05, 0.1) is 28.2 Å². The van der Waals surface area contributed by atoms with Crippen molar-refractivity contribution < 1.29 is 13.2 Å². The molecule has 3 N–H and O–H groups in total. The number of alkyl halides is 3. The molecule has 0 unspecified atom stereocenters. The first-order valence-electron chi connectivity index (χ1n) is 5.21. The summed E-state index contributed by atoms with van der Waals surface area (Å²) < 4.78 is 37.4. The molecule has 0 aliphatic rings. The molecule has 0 saturated heterocycles. The van der Waals surface area contributed by atoms with Crippen molar-refractivity contribution in [3.63, 3.8) is 0 Å².